The molecule has 3 heteroatoms. The molecule has 0 heterocycles. The average molecular weight is 147 g/mol. The minimum absolute atomic E-state index is 0.316. The normalized spacial score (nSPS) is 20.1. The molecule has 60 valence electrons. The van der Waals surface area contributed by atoms with E-state index in [-0.39, 0.29) is 6.67 Å². The molecule has 1 N–H and O–H groups in total. The van der Waals surface area contributed by atoms with Crippen LogP contribution in [0.15, 0.2) is 0 Å². The second-order valence-electron chi connectivity index (χ2n) is 2.61. The van der Waals surface area contributed by atoms with E-state index < -0.39 is 0 Å². The van der Waals surface area contributed by atoms with E-state index >= 15 is 0 Å². The third-order valence-corrected chi connectivity index (χ3v) is 1.75. The maximum atomic E-state index is 11.5. The molecule has 1 fully saturated rings. The highest BCUT2D eigenvalue weighted by Crippen LogP contribution is 2.19. The Bertz CT molecular complexity index is 83.7. The lowest BCUT2D eigenvalue weighted by Crippen LogP contribution is -2.23. The van der Waals surface area contributed by atoms with Gasteiger partial charge in [-0.25, -0.2) is 4.39 Å². The molecule has 0 aromatic heterocycles. The minimum Gasteiger partial charge on any atom is -0.298 e. The summed E-state index contributed by atoms with van der Waals surface area (Å²) in [6, 6.07) is 0. The van der Waals surface area contributed by atoms with Crippen LogP contribution >= 0.6 is 0 Å². The zero-order valence-electron chi connectivity index (χ0n) is 6.11. The summed E-state index contributed by atoms with van der Waals surface area (Å²) in [5.41, 5.74) is 2.60. The van der Waals surface area contributed by atoms with Crippen LogP contribution < -0.4 is 5.48 Å². The number of hydrogen-bond donors (Lipinski definition) is 1. The van der Waals surface area contributed by atoms with Crippen LogP contribution in [-0.4, -0.2) is 19.3 Å². The van der Waals surface area contributed by atoms with Gasteiger partial charge in [-0.3, -0.25) is 4.84 Å². The predicted octanol–water partition coefficient (Wildman–Crippen LogP) is 1.42. The van der Waals surface area contributed by atoms with Crippen LogP contribution in [0, 0.1) is 0 Å². The highest BCUT2D eigenvalue weighted by molar-refractivity contribution is 4.65. The molecular weight excluding hydrogens is 133 g/mol. The van der Waals surface area contributed by atoms with Gasteiger partial charge >= 0.3 is 0 Å². The molecule has 0 amide bonds. The van der Waals surface area contributed by atoms with Crippen molar-refractivity contribution in [1.82, 2.24) is 5.48 Å². The summed E-state index contributed by atoms with van der Waals surface area (Å²) in [6.45, 7) is -0.0385. The fourth-order valence-electron chi connectivity index (χ4n) is 1.22. The lowest BCUT2D eigenvalue weighted by Gasteiger charge is -2.09. The number of hydroxylamine groups is 1. The summed E-state index contributed by atoms with van der Waals surface area (Å²) in [5, 5.41) is 0. The Morgan fingerprint density at radius 1 is 1.40 bits per heavy atom. The Kier molecular flexibility index (Phi) is 3.68. The smallest absolute Gasteiger partial charge is 0.104 e. The topological polar surface area (TPSA) is 21.3 Å². The van der Waals surface area contributed by atoms with Gasteiger partial charge in [0.25, 0.3) is 0 Å². The Balaban J connectivity index is 1.91. The summed E-state index contributed by atoms with van der Waals surface area (Å²) in [7, 11) is 0. The largest absolute Gasteiger partial charge is 0.298 e. The molecule has 0 unspecified atom stereocenters. The first-order chi connectivity index (χ1) is 4.93. The van der Waals surface area contributed by atoms with E-state index in [0.29, 0.717) is 12.6 Å². The van der Waals surface area contributed by atoms with Gasteiger partial charge in [-0.1, -0.05) is 12.8 Å². The molecule has 2 nitrogen and oxygen atoms in total. The first-order valence-corrected chi connectivity index (χ1v) is 3.88. The van der Waals surface area contributed by atoms with Crippen LogP contribution in [0.25, 0.3) is 0 Å². The lowest BCUT2D eigenvalue weighted by molar-refractivity contribution is -0.0222. The van der Waals surface area contributed by atoms with Crippen molar-refractivity contribution in [2.75, 3.05) is 13.2 Å². The minimum atomic E-state index is -0.354. The summed E-state index contributed by atoms with van der Waals surface area (Å²) >= 11 is 0. The molecule has 0 aromatic rings. The van der Waals surface area contributed by atoms with Gasteiger partial charge in [-0.2, -0.15) is 5.48 Å². The van der Waals surface area contributed by atoms with Crippen LogP contribution in [-0.2, 0) is 4.84 Å². The molecule has 0 spiro atoms. The zero-order chi connectivity index (χ0) is 7.23. The van der Waals surface area contributed by atoms with Gasteiger partial charge in [0.1, 0.15) is 6.67 Å². The zero-order valence-corrected chi connectivity index (χ0v) is 6.11. The van der Waals surface area contributed by atoms with Crippen molar-refractivity contribution in [2.45, 2.75) is 31.8 Å². The summed E-state index contributed by atoms with van der Waals surface area (Å²) in [5.74, 6) is 0. The molecular formula is C7H14FNO. The quantitative estimate of drug-likeness (QED) is 0.479. The molecule has 1 saturated carbocycles. The van der Waals surface area contributed by atoms with Crippen LogP contribution in [0.1, 0.15) is 25.7 Å². The first-order valence-electron chi connectivity index (χ1n) is 3.88. The summed E-state index contributed by atoms with van der Waals surface area (Å²) in [4.78, 5) is 5.15. The Morgan fingerprint density at radius 3 is 2.70 bits per heavy atom. The monoisotopic (exact) mass is 147 g/mol. The molecule has 0 bridgehead atoms. The molecule has 0 aromatic carbocycles. The standard InChI is InChI=1S/C7H14FNO/c8-5-6-9-10-7-3-1-2-4-7/h7,9H,1-6H2. The van der Waals surface area contributed by atoms with E-state index in [2.05, 4.69) is 5.48 Å². The third kappa shape index (κ3) is 2.62. The van der Waals surface area contributed by atoms with Gasteiger partial charge in [0.15, 0.2) is 0 Å². The van der Waals surface area contributed by atoms with Gasteiger partial charge in [0, 0.05) is 6.54 Å². The van der Waals surface area contributed by atoms with E-state index in [1.807, 2.05) is 0 Å². The Labute approximate surface area is 60.7 Å². The summed E-state index contributed by atoms with van der Waals surface area (Å²) < 4.78 is 11.5. The maximum absolute atomic E-state index is 11.5. The number of hydrogen-bond acceptors (Lipinski definition) is 2. The van der Waals surface area contributed by atoms with Gasteiger partial charge in [0.05, 0.1) is 6.10 Å². The molecule has 10 heavy (non-hydrogen) atoms. The first kappa shape index (κ1) is 7.95. The predicted molar refractivity (Wildman–Crippen MR) is 37.3 cm³/mol. The average Bonchev–Trinajstić information content (AvgIpc) is 2.41. The van der Waals surface area contributed by atoms with Gasteiger partial charge in [0.2, 0.25) is 0 Å². The SMILES string of the molecule is FCCNOC1CCCC1. The molecule has 1 rings (SSSR count). The van der Waals surface area contributed by atoms with Crippen molar-refractivity contribution in [3.8, 4) is 0 Å². The highest BCUT2D eigenvalue weighted by atomic mass is 19.1. The van der Waals surface area contributed by atoms with Crippen molar-refractivity contribution < 1.29 is 9.23 Å². The second kappa shape index (κ2) is 4.63. The second-order valence-corrected chi connectivity index (χ2v) is 2.61. The van der Waals surface area contributed by atoms with E-state index in [0.717, 1.165) is 12.8 Å². The van der Waals surface area contributed by atoms with Crippen molar-refractivity contribution in [3.05, 3.63) is 0 Å². The highest BCUT2D eigenvalue weighted by Gasteiger charge is 2.14. The number of halogens is 1. The Hall–Kier alpha value is -0.150. The lowest BCUT2D eigenvalue weighted by atomic mass is 10.3. The molecule has 0 atom stereocenters. The van der Waals surface area contributed by atoms with Crippen LogP contribution in [0.5, 0.6) is 0 Å². The Morgan fingerprint density at radius 2 is 2.10 bits per heavy atom. The molecule has 0 aliphatic heterocycles. The van der Waals surface area contributed by atoms with E-state index in [9.17, 15) is 4.39 Å². The molecule has 0 saturated heterocycles. The molecule has 0 radical (unpaired) electrons. The third-order valence-electron chi connectivity index (χ3n) is 1.75. The number of rotatable bonds is 4. The summed E-state index contributed by atoms with van der Waals surface area (Å²) in [6.07, 6.45) is 5.09. The van der Waals surface area contributed by atoms with E-state index in [1.54, 1.807) is 0 Å². The maximum Gasteiger partial charge on any atom is 0.104 e. The molecule has 1 aliphatic carbocycles. The van der Waals surface area contributed by atoms with Crippen LogP contribution in [0.4, 0.5) is 4.39 Å². The van der Waals surface area contributed by atoms with Crippen molar-refractivity contribution in [1.29, 1.82) is 0 Å². The number of alkyl halides is 1. The van der Waals surface area contributed by atoms with Crippen molar-refractivity contribution in [2.24, 2.45) is 0 Å². The molecule has 1 aliphatic rings. The van der Waals surface area contributed by atoms with Crippen LogP contribution in [0.3, 0.4) is 0 Å². The van der Waals surface area contributed by atoms with Gasteiger partial charge in [-0.15, -0.1) is 0 Å². The van der Waals surface area contributed by atoms with E-state index in [1.165, 1.54) is 12.8 Å². The van der Waals surface area contributed by atoms with Crippen LogP contribution in [0.2, 0.25) is 0 Å². The van der Waals surface area contributed by atoms with Crippen molar-refractivity contribution in [3.63, 3.8) is 0 Å². The fourth-order valence-corrected chi connectivity index (χ4v) is 1.22. The number of nitrogens with one attached hydrogen (secondary N) is 1. The fraction of sp³-hybridized carbons (Fsp3) is 1.00. The van der Waals surface area contributed by atoms with Gasteiger partial charge < -0.3 is 0 Å². The van der Waals surface area contributed by atoms with Gasteiger partial charge in [-0.05, 0) is 12.8 Å². The van der Waals surface area contributed by atoms with E-state index in [4.69, 9.17) is 4.84 Å². The van der Waals surface area contributed by atoms with Crippen molar-refractivity contribution >= 4 is 0 Å².